The summed E-state index contributed by atoms with van der Waals surface area (Å²) in [6, 6.07) is 0. The van der Waals surface area contributed by atoms with Gasteiger partial charge in [-0.15, -0.1) is 0 Å². The SMILES string of the molecule is CCCC(CCC)C(=O)Nc1ncn[nH]1. The van der Waals surface area contributed by atoms with Crippen molar-refractivity contribution in [2.75, 3.05) is 5.32 Å². The molecule has 0 aromatic carbocycles. The number of hydrogen-bond acceptors (Lipinski definition) is 3. The van der Waals surface area contributed by atoms with Crippen molar-refractivity contribution < 1.29 is 4.79 Å². The molecule has 5 heteroatoms. The van der Waals surface area contributed by atoms with E-state index >= 15 is 0 Å². The van der Waals surface area contributed by atoms with Gasteiger partial charge in [0.25, 0.3) is 0 Å². The molecule has 15 heavy (non-hydrogen) atoms. The van der Waals surface area contributed by atoms with Gasteiger partial charge in [-0.1, -0.05) is 26.7 Å². The Morgan fingerprint density at radius 3 is 2.60 bits per heavy atom. The van der Waals surface area contributed by atoms with Crippen LogP contribution in [-0.2, 0) is 4.79 Å². The molecule has 0 aliphatic heterocycles. The third-order valence-corrected chi connectivity index (χ3v) is 2.30. The molecule has 0 spiro atoms. The van der Waals surface area contributed by atoms with E-state index in [1.807, 2.05) is 0 Å². The van der Waals surface area contributed by atoms with Gasteiger partial charge in [0, 0.05) is 5.92 Å². The van der Waals surface area contributed by atoms with Crippen molar-refractivity contribution >= 4 is 11.9 Å². The molecule has 0 bridgehead atoms. The van der Waals surface area contributed by atoms with Crippen LogP contribution in [0.4, 0.5) is 5.95 Å². The average molecular weight is 210 g/mol. The maximum Gasteiger partial charge on any atom is 0.229 e. The van der Waals surface area contributed by atoms with Gasteiger partial charge in [-0.3, -0.25) is 10.1 Å². The molecule has 1 amide bonds. The normalized spacial score (nSPS) is 10.6. The second-order valence-corrected chi connectivity index (χ2v) is 3.60. The summed E-state index contributed by atoms with van der Waals surface area (Å²) in [4.78, 5) is 15.7. The minimum absolute atomic E-state index is 0.0375. The molecule has 0 saturated carbocycles. The summed E-state index contributed by atoms with van der Waals surface area (Å²) >= 11 is 0. The van der Waals surface area contributed by atoms with E-state index in [0.29, 0.717) is 5.95 Å². The van der Waals surface area contributed by atoms with Gasteiger partial charge in [0.1, 0.15) is 6.33 Å². The topological polar surface area (TPSA) is 70.7 Å². The van der Waals surface area contributed by atoms with Crippen molar-refractivity contribution in [1.82, 2.24) is 15.2 Å². The first-order valence-corrected chi connectivity index (χ1v) is 5.44. The van der Waals surface area contributed by atoms with Gasteiger partial charge >= 0.3 is 0 Å². The summed E-state index contributed by atoms with van der Waals surface area (Å²) in [6.45, 7) is 4.18. The molecular weight excluding hydrogens is 192 g/mol. The van der Waals surface area contributed by atoms with E-state index in [1.54, 1.807) is 0 Å². The first-order chi connectivity index (χ1) is 7.27. The number of carbonyl (C=O) groups excluding carboxylic acids is 1. The maximum atomic E-state index is 11.8. The minimum Gasteiger partial charge on any atom is -0.295 e. The standard InChI is InChI=1S/C10H18N4O/c1-3-5-8(6-4-2)9(15)13-10-11-7-12-14-10/h7-8H,3-6H2,1-2H3,(H2,11,12,13,14,15). The fraction of sp³-hybridized carbons (Fsp3) is 0.700. The molecule has 0 unspecified atom stereocenters. The highest BCUT2D eigenvalue weighted by Gasteiger charge is 2.17. The average Bonchev–Trinajstić information content (AvgIpc) is 2.70. The fourth-order valence-corrected chi connectivity index (χ4v) is 1.59. The Labute approximate surface area is 89.7 Å². The highest BCUT2D eigenvalue weighted by molar-refractivity contribution is 5.90. The molecule has 1 aromatic rings. The van der Waals surface area contributed by atoms with Crippen molar-refractivity contribution in [3.63, 3.8) is 0 Å². The Kier molecular flexibility index (Phi) is 4.80. The van der Waals surface area contributed by atoms with Gasteiger partial charge in [0.05, 0.1) is 0 Å². The van der Waals surface area contributed by atoms with Crippen LogP contribution < -0.4 is 5.32 Å². The monoisotopic (exact) mass is 210 g/mol. The molecule has 5 nitrogen and oxygen atoms in total. The van der Waals surface area contributed by atoms with Crippen molar-refractivity contribution in [3.05, 3.63) is 6.33 Å². The predicted octanol–water partition coefficient (Wildman–Crippen LogP) is 1.96. The Balaban J connectivity index is 2.48. The van der Waals surface area contributed by atoms with Crippen molar-refractivity contribution in [2.45, 2.75) is 39.5 Å². The number of amides is 1. The Bertz CT molecular complexity index is 278. The number of H-pyrrole nitrogens is 1. The lowest BCUT2D eigenvalue weighted by molar-refractivity contribution is -0.120. The van der Waals surface area contributed by atoms with Crippen LogP contribution in [0.5, 0.6) is 0 Å². The van der Waals surface area contributed by atoms with Gasteiger partial charge < -0.3 is 0 Å². The molecular formula is C10H18N4O. The summed E-state index contributed by atoms with van der Waals surface area (Å²) in [7, 11) is 0. The lowest BCUT2D eigenvalue weighted by atomic mass is 9.97. The third-order valence-electron chi connectivity index (χ3n) is 2.30. The quantitative estimate of drug-likeness (QED) is 0.754. The van der Waals surface area contributed by atoms with Crippen LogP contribution in [0.3, 0.4) is 0 Å². The van der Waals surface area contributed by atoms with Crippen molar-refractivity contribution in [3.8, 4) is 0 Å². The van der Waals surface area contributed by atoms with E-state index < -0.39 is 0 Å². The van der Waals surface area contributed by atoms with Crippen LogP contribution in [0.2, 0.25) is 0 Å². The second kappa shape index (κ2) is 6.16. The summed E-state index contributed by atoms with van der Waals surface area (Å²) in [5, 5.41) is 9.01. The molecule has 0 aliphatic carbocycles. The van der Waals surface area contributed by atoms with Gasteiger partial charge in [0.15, 0.2) is 0 Å². The van der Waals surface area contributed by atoms with E-state index in [2.05, 4.69) is 34.3 Å². The number of anilines is 1. The van der Waals surface area contributed by atoms with Crippen LogP contribution in [0.1, 0.15) is 39.5 Å². The zero-order chi connectivity index (χ0) is 11.1. The van der Waals surface area contributed by atoms with Crippen LogP contribution in [0.15, 0.2) is 6.33 Å². The number of carbonyl (C=O) groups is 1. The van der Waals surface area contributed by atoms with E-state index in [4.69, 9.17) is 0 Å². The van der Waals surface area contributed by atoms with Crippen LogP contribution >= 0.6 is 0 Å². The zero-order valence-corrected chi connectivity index (χ0v) is 9.29. The highest BCUT2D eigenvalue weighted by Crippen LogP contribution is 2.15. The zero-order valence-electron chi connectivity index (χ0n) is 9.29. The van der Waals surface area contributed by atoms with Crippen LogP contribution in [-0.4, -0.2) is 21.1 Å². The third kappa shape index (κ3) is 3.69. The van der Waals surface area contributed by atoms with E-state index in [1.165, 1.54) is 6.33 Å². The fourth-order valence-electron chi connectivity index (χ4n) is 1.59. The molecule has 0 atom stereocenters. The van der Waals surface area contributed by atoms with Crippen molar-refractivity contribution in [2.24, 2.45) is 5.92 Å². The van der Waals surface area contributed by atoms with E-state index in [0.717, 1.165) is 25.7 Å². The Hall–Kier alpha value is -1.39. The second-order valence-electron chi connectivity index (χ2n) is 3.60. The molecule has 0 aliphatic rings. The lowest BCUT2D eigenvalue weighted by Gasteiger charge is -2.13. The largest absolute Gasteiger partial charge is 0.295 e. The summed E-state index contributed by atoms with van der Waals surface area (Å²) in [5.74, 6) is 0.553. The Morgan fingerprint density at radius 2 is 2.13 bits per heavy atom. The molecule has 1 heterocycles. The number of nitrogens with one attached hydrogen (secondary N) is 2. The first kappa shape index (κ1) is 11.7. The molecule has 0 saturated heterocycles. The molecule has 0 fully saturated rings. The number of aromatic amines is 1. The summed E-state index contributed by atoms with van der Waals surface area (Å²) in [5.41, 5.74) is 0. The number of rotatable bonds is 6. The predicted molar refractivity (Wildman–Crippen MR) is 58.3 cm³/mol. The molecule has 1 aromatic heterocycles. The van der Waals surface area contributed by atoms with Gasteiger partial charge in [-0.2, -0.15) is 10.1 Å². The maximum absolute atomic E-state index is 11.8. The van der Waals surface area contributed by atoms with Crippen LogP contribution in [0, 0.1) is 5.92 Å². The van der Waals surface area contributed by atoms with Crippen molar-refractivity contribution in [1.29, 1.82) is 0 Å². The van der Waals surface area contributed by atoms with E-state index in [9.17, 15) is 4.79 Å². The summed E-state index contributed by atoms with van der Waals surface area (Å²) < 4.78 is 0. The number of aromatic nitrogens is 3. The molecule has 0 radical (unpaired) electrons. The smallest absolute Gasteiger partial charge is 0.229 e. The Morgan fingerprint density at radius 1 is 1.47 bits per heavy atom. The van der Waals surface area contributed by atoms with Gasteiger partial charge in [-0.25, -0.2) is 5.10 Å². The lowest BCUT2D eigenvalue weighted by Crippen LogP contribution is -2.23. The number of nitrogens with zero attached hydrogens (tertiary/aromatic N) is 2. The number of hydrogen-bond donors (Lipinski definition) is 2. The first-order valence-electron chi connectivity index (χ1n) is 5.44. The van der Waals surface area contributed by atoms with Crippen LogP contribution in [0.25, 0.3) is 0 Å². The van der Waals surface area contributed by atoms with E-state index in [-0.39, 0.29) is 11.8 Å². The van der Waals surface area contributed by atoms with Gasteiger partial charge in [0.2, 0.25) is 11.9 Å². The molecule has 84 valence electrons. The summed E-state index contributed by atoms with van der Waals surface area (Å²) in [6.07, 6.45) is 5.27. The molecule has 1 rings (SSSR count). The van der Waals surface area contributed by atoms with Gasteiger partial charge in [-0.05, 0) is 12.8 Å². The minimum atomic E-state index is 0.0375. The highest BCUT2D eigenvalue weighted by atomic mass is 16.2. The molecule has 2 N–H and O–H groups in total.